The Kier molecular flexibility index (Phi) is 3.22. The van der Waals surface area contributed by atoms with Gasteiger partial charge in [0.15, 0.2) is 11.5 Å². The molecule has 2 aromatic carbocycles. The lowest BCUT2D eigenvalue weighted by molar-refractivity contribution is -0.115. The lowest BCUT2D eigenvalue weighted by Gasteiger charge is -2.11. The normalized spacial score (nSPS) is 13.0. The van der Waals surface area contributed by atoms with Gasteiger partial charge in [-0.1, -0.05) is 12.1 Å². The molecule has 0 spiro atoms. The van der Waals surface area contributed by atoms with Crippen LogP contribution in [0.3, 0.4) is 0 Å². The average molecular weight is 381 g/mol. The molecule has 0 radical (unpaired) electrons. The molecule has 3 aromatic heterocycles. The summed E-state index contributed by atoms with van der Waals surface area (Å²) < 4.78 is 1.94. The fourth-order valence-corrected chi connectivity index (χ4v) is 3.69. The number of hydrogen-bond donors (Lipinski definition) is 3. The number of amides is 1. The fourth-order valence-electron chi connectivity index (χ4n) is 3.69. The Morgan fingerprint density at radius 2 is 2.10 bits per heavy atom. The van der Waals surface area contributed by atoms with Gasteiger partial charge in [-0.15, -0.1) is 0 Å². The third-order valence-electron chi connectivity index (χ3n) is 5.10. The molecule has 0 fully saturated rings. The Labute approximate surface area is 164 Å². The monoisotopic (exact) mass is 381 g/mol. The largest absolute Gasteiger partial charge is 0.337 e. The van der Waals surface area contributed by atoms with Crippen LogP contribution in [0.25, 0.3) is 27.8 Å². The molecular weight excluding hydrogens is 366 g/mol. The highest BCUT2D eigenvalue weighted by molar-refractivity contribution is 5.99. The van der Waals surface area contributed by atoms with E-state index in [2.05, 4.69) is 25.8 Å². The Bertz CT molecular complexity index is 1420. The molecule has 3 N–H and O–H groups in total. The second-order valence-corrected chi connectivity index (χ2v) is 7.03. The van der Waals surface area contributed by atoms with E-state index in [1.54, 1.807) is 12.4 Å². The minimum atomic E-state index is 0.0159. The predicted octanol–water partition coefficient (Wildman–Crippen LogP) is 3.51. The van der Waals surface area contributed by atoms with Gasteiger partial charge in [0.1, 0.15) is 0 Å². The third-order valence-corrected chi connectivity index (χ3v) is 5.10. The number of imidazole rings is 1. The van der Waals surface area contributed by atoms with Gasteiger partial charge in [0.05, 0.1) is 23.8 Å². The highest BCUT2D eigenvalue weighted by atomic mass is 16.1. The SMILES string of the molecule is O=C1Cc2cc(Nc3nc(-c4ccc5cn[nH]c5c4)cn4ccnc34)ccc2N1. The van der Waals surface area contributed by atoms with Crippen LogP contribution in [-0.2, 0) is 11.2 Å². The van der Waals surface area contributed by atoms with Gasteiger partial charge in [-0.05, 0) is 29.8 Å². The first-order valence-corrected chi connectivity index (χ1v) is 9.20. The Balaban J connectivity index is 1.44. The van der Waals surface area contributed by atoms with E-state index in [-0.39, 0.29) is 5.91 Å². The van der Waals surface area contributed by atoms with Gasteiger partial charge >= 0.3 is 0 Å². The number of nitrogens with zero attached hydrogens (tertiary/aromatic N) is 4. The van der Waals surface area contributed by atoms with Crippen LogP contribution in [0.2, 0.25) is 0 Å². The summed E-state index contributed by atoms with van der Waals surface area (Å²) in [6, 6.07) is 11.9. The molecule has 1 aliphatic rings. The van der Waals surface area contributed by atoms with Crippen molar-refractivity contribution in [1.29, 1.82) is 0 Å². The Hall–Kier alpha value is -4.20. The van der Waals surface area contributed by atoms with Crippen LogP contribution < -0.4 is 10.6 Å². The molecule has 0 aliphatic carbocycles. The van der Waals surface area contributed by atoms with Crippen molar-refractivity contribution in [3.05, 3.63) is 66.7 Å². The van der Waals surface area contributed by atoms with Crippen LogP contribution in [0.15, 0.2) is 61.2 Å². The van der Waals surface area contributed by atoms with E-state index in [4.69, 9.17) is 4.98 Å². The van der Waals surface area contributed by atoms with Crippen molar-refractivity contribution >= 4 is 39.6 Å². The van der Waals surface area contributed by atoms with Gasteiger partial charge in [0.2, 0.25) is 5.91 Å². The van der Waals surface area contributed by atoms with Crippen molar-refractivity contribution in [2.45, 2.75) is 6.42 Å². The standard InChI is InChI=1S/C21H15N7O/c29-19-9-14-7-15(3-4-16(14)25-19)24-20-21-22-5-6-28(21)11-18(26-20)12-1-2-13-10-23-27-17(13)8-12/h1-8,10-11H,9H2,(H,23,27)(H,24,26)(H,25,29). The summed E-state index contributed by atoms with van der Waals surface area (Å²) in [5.74, 6) is 0.663. The average Bonchev–Trinajstić information content (AvgIpc) is 3.45. The number of carbonyl (C=O) groups is 1. The van der Waals surface area contributed by atoms with Crippen molar-refractivity contribution in [3.63, 3.8) is 0 Å². The summed E-state index contributed by atoms with van der Waals surface area (Å²) >= 11 is 0. The van der Waals surface area contributed by atoms with Crippen LogP contribution >= 0.6 is 0 Å². The number of benzene rings is 2. The minimum absolute atomic E-state index is 0.0159. The van der Waals surface area contributed by atoms with Crippen molar-refractivity contribution in [3.8, 4) is 11.3 Å². The smallest absolute Gasteiger partial charge is 0.228 e. The molecule has 0 saturated carbocycles. The van der Waals surface area contributed by atoms with E-state index in [0.29, 0.717) is 12.2 Å². The molecule has 140 valence electrons. The maximum atomic E-state index is 11.6. The summed E-state index contributed by atoms with van der Waals surface area (Å²) in [7, 11) is 0. The Morgan fingerprint density at radius 3 is 3.07 bits per heavy atom. The molecule has 0 atom stereocenters. The molecule has 0 unspecified atom stereocenters. The molecule has 29 heavy (non-hydrogen) atoms. The van der Waals surface area contributed by atoms with Crippen molar-refractivity contribution < 1.29 is 4.79 Å². The number of nitrogens with one attached hydrogen (secondary N) is 3. The maximum absolute atomic E-state index is 11.6. The fraction of sp³-hybridized carbons (Fsp3) is 0.0476. The van der Waals surface area contributed by atoms with Crippen molar-refractivity contribution in [2.24, 2.45) is 0 Å². The van der Waals surface area contributed by atoms with Crippen LogP contribution in [0.5, 0.6) is 0 Å². The van der Waals surface area contributed by atoms with Crippen LogP contribution in [-0.4, -0.2) is 30.5 Å². The van der Waals surface area contributed by atoms with Gasteiger partial charge in [-0.3, -0.25) is 9.89 Å². The molecule has 5 aromatic rings. The third kappa shape index (κ3) is 2.61. The van der Waals surface area contributed by atoms with Gasteiger partial charge in [0, 0.05) is 40.9 Å². The van der Waals surface area contributed by atoms with E-state index >= 15 is 0 Å². The molecule has 0 bridgehead atoms. The van der Waals surface area contributed by atoms with Crippen LogP contribution in [0.1, 0.15) is 5.56 Å². The van der Waals surface area contributed by atoms with Crippen LogP contribution in [0, 0.1) is 0 Å². The number of hydrogen-bond acceptors (Lipinski definition) is 5. The Morgan fingerprint density at radius 1 is 1.14 bits per heavy atom. The highest BCUT2D eigenvalue weighted by Crippen LogP contribution is 2.30. The van der Waals surface area contributed by atoms with Gasteiger partial charge < -0.3 is 15.0 Å². The molecular formula is C21H15N7O. The zero-order chi connectivity index (χ0) is 19.4. The number of anilines is 3. The number of H-pyrrole nitrogens is 1. The highest BCUT2D eigenvalue weighted by Gasteiger charge is 2.18. The molecule has 8 nitrogen and oxygen atoms in total. The summed E-state index contributed by atoms with van der Waals surface area (Å²) in [6.07, 6.45) is 7.78. The molecule has 1 amide bonds. The lowest BCUT2D eigenvalue weighted by atomic mass is 10.1. The minimum Gasteiger partial charge on any atom is -0.337 e. The van der Waals surface area contributed by atoms with E-state index in [1.807, 2.05) is 53.2 Å². The zero-order valence-corrected chi connectivity index (χ0v) is 15.2. The summed E-state index contributed by atoms with van der Waals surface area (Å²) in [5, 5.41) is 14.3. The van der Waals surface area contributed by atoms with E-state index in [0.717, 1.165) is 44.7 Å². The second-order valence-electron chi connectivity index (χ2n) is 7.03. The first-order valence-electron chi connectivity index (χ1n) is 9.20. The number of carbonyl (C=O) groups excluding carboxylic acids is 1. The van der Waals surface area contributed by atoms with E-state index < -0.39 is 0 Å². The molecule has 1 aliphatic heterocycles. The number of aromatic nitrogens is 5. The summed E-state index contributed by atoms with van der Waals surface area (Å²) in [4.78, 5) is 20.9. The van der Waals surface area contributed by atoms with E-state index in [9.17, 15) is 4.79 Å². The summed E-state index contributed by atoms with van der Waals surface area (Å²) in [5.41, 5.74) is 6.17. The second kappa shape index (κ2) is 5.90. The van der Waals surface area contributed by atoms with Crippen LogP contribution in [0.4, 0.5) is 17.2 Å². The van der Waals surface area contributed by atoms with Gasteiger partial charge in [-0.25, -0.2) is 9.97 Å². The molecule has 0 saturated heterocycles. The lowest BCUT2D eigenvalue weighted by Crippen LogP contribution is -2.03. The number of fused-ring (bicyclic) bond motifs is 3. The van der Waals surface area contributed by atoms with E-state index in [1.165, 1.54) is 0 Å². The topological polar surface area (TPSA) is 100 Å². The molecule has 8 heteroatoms. The molecule has 6 rings (SSSR count). The van der Waals surface area contributed by atoms with Crippen molar-refractivity contribution in [1.82, 2.24) is 24.6 Å². The molecule has 4 heterocycles. The van der Waals surface area contributed by atoms with Gasteiger partial charge in [0.25, 0.3) is 0 Å². The van der Waals surface area contributed by atoms with Gasteiger partial charge in [-0.2, -0.15) is 5.10 Å². The summed E-state index contributed by atoms with van der Waals surface area (Å²) in [6.45, 7) is 0. The van der Waals surface area contributed by atoms with Crippen molar-refractivity contribution in [2.75, 3.05) is 10.6 Å². The first-order chi connectivity index (χ1) is 14.2. The quantitative estimate of drug-likeness (QED) is 0.444. The number of rotatable bonds is 3. The predicted molar refractivity (Wildman–Crippen MR) is 110 cm³/mol. The first kappa shape index (κ1) is 15.8. The maximum Gasteiger partial charge on any atom is 0.228 e. The zero-order valence-electron chi connectivity index (χ0n) is 15.2. The number of aromatic amines is 1.